The Morgan fingerprint density at radius 2 is 2.33 bits per heavy atom. The molecule has 112 valence electrons. The van der Waals surface area contributed by atoms with E-state index in [1.54, 1.807) is 0 Å². The van der Waals surface area contributed by atoms with Gasteiger partial charge in [-0.15, -0.1) is 0 Å². The number of anilines is 1. The number of nitriles is 1. The number of nitrogens with zero attached hydrogens (tertiary/aromatic N) is 2. The minimum Gasteiger partial charge on any atom is -0.388 e. The standard InChI is InChI=1S/C17H23N3O/c1-12-4-3-7-17(21,9-12)11-19-16-14(10-18)8-13-5-2-6-15(13)20-16/h8,12,21H,2-7,9,11H2,1H3,(H,19,20). The van der Waals surface area contributed by atoms with Crippen LogP contribution in [0.25, 0.3) is 0 Å². The molecule has 2 atom stereocenters. The van der Waals surface area contributed by atoms with Crippen LogP contribution in [0.1, 0.15) is 55.8 Å². The molecule has 0 amide bonds. The normalized spacial score (nSPS) is 28.0. The van der Waals surface area contributed by atoms with Crippen LogP contribution < -0.4 is 5.32 Å². The molecule has 1 fully saturated rings. The van der Waals surface area contributed by atoms with Crippen molar-refractivity contribution in [3.8, 4) is 6.07 Å². The average Bonchev–Trinajstić information content (AvgIpc) is 2.91. The fourth-order valence-corrected chi connectivity index (χ4v) is 3.73. The molecule has 1 saturated carbocycles. The molecule has 1 aromatic rings. The first kappa shape index (κ1) is 14.3. The Hall–Kier alpha value is -1.60. The Kier molecular flexibility index (Phi) is 3.86. The van der Waals surface area contributed by atoms with Gasteiger partial charge in [-0.2, -0.15) is 5.26 Å². The van der Waals surface area contributed by atoms with Crippen molar-refractivity contribution in [1.29, 1.82) is 5.26 Å². The summed E-state index contributed by atoms with van der Waals surface area (Å²) in [5.74, 6) is 1.21. The zero-order chi connectivity index (χ0) is 14.9. The molecule has 0 spiro atoms. The number of aliphatic hydroxyl groups is 1. The Balaban J connectivity index is 1.74. The maximum atomic E-state index is 10.7. The predicted octanol–water partition coefficient (Wildman–Crippen LogP) is 2.80. The molecule has 0 saturated heterocycles. The number of hydrogen-bond acceptors (Lipinski definition) is 4. The summed E-state index contributed by atoms with van der Waals surface area (Å²) in [6, 6.07) is 4.19. The summed E-state index contributed by atoms with van der Waals surface area (Å²) in [5, 5.41) is 23.2. The molecule has 0 radical (unpaired) electrons. The van der Waals surface area contributed by atoms with Gasteiger partial charge in [0.15, 0.2) is 0 Å². The molecule has 1 aromatic heterocycles. The largest absolute Gasteiger partial charge is 0.388 e. The molecule has 3 rings (SSSR count). The van der Waals surface area contributed by atoms with Crippen molar-refractivity contribution in [2.75, 3.05) is 11.9 Å². The van der Waals surface area contributed by atoms with Gasteiger partial charge in [0.25, 0.3) is 0 Å². The Labute approximate surface area is 126 Å². The van der Waals surface area contributed by atoms with Gasteiger partial charge in [-0.3, -0.25) is 0 Å². The van der Waals surface area contributed by atoms with Crippen LogP contribution in [0.2, 0.25) is 0 Å². The number of nitrogens with one attached hydrogen (secondary N) is 1. The van der Waals surface area contributed by atoms with Crippen LogP contribution in [-0.2, 0) is 12.8 Å². The summed E-state index contributed by atoms with van der Waals surface area (Å²) < 4.78 is 0. The second-order valence-electron chi connectivity index (χ2n) is 6.74. The van der Waals surface area contributed by atoms with E-state index in [4.69, 9.17) is 0 Å². The zero-order valence-corrected chi connectivity index (χ0v) is 12.7. The highest BCUT2D eigenvalue weighted by Gasteiger charge is 2.32. The zero-order valence-electron chi connectivity index (χ0n) is 12.7. The number of pyridine rings is 1. The molecule has 2 aliphatic rings. The van der Waals surface area contributed by atoms with E-state index in [-0.39, 0.29) is 0 Å². The van der Waals surface area contributed by atoms with Crippen LogP contribution in [-0.4, -0.2) is 22.2 Å². The summed E-state index contributed by atoms with van der Waals surface area (Å²) in [6.07, 6.45) is 7.07. The van der Waals surface area contributed by atoms with E-state index < -0.39 is 5.60 Å². The average molecular weight is 285 g/mol. The summed E-state index contributed by atoms with van der Waals surface area (Å²) in [4.78, 5) is 4.61. The lowest BCUT2D eigenvalue weighted by molar-refractivity contribution is -0.000831. The lowest BCUT2D eigenvalue weighted by Crippen LogP contribution is -2.41. The quantitative estimate of drug-likeness (QED) is 0.896. The number of fused-ring (bicyclic) bond motifs is 1. The van der Waals surface area contributed by atoms with Crippen LogP contribution >= 0.6 is 0 Å². The number of rotatable bonds is 3. The minimum absolute atomic E-state index is 0.484. The number of aryl methyl sites for hydroxylation is 2. The van der Waals surface area contributed by atoms with E-state index in [0.29, 0.717) is 23.8 Å². The van der Waals surface area contributed by atoms with Gasteiger partial charge in [0.2, 0.25) is 0 Å². The summed E-state index contributed by atoms with van der Waals surface area (Å²) in [6.45, 7) is 2.68. The van der Waals surface area contributed by atoms with Crippen LogP contribution in [0.3, 0.4) is 0 Å². The fraction of sp³-hybridized carbons (Fsp3) is 0.647. The molecule has 0 aliphatic heterocycles. The van der Waals surface area contributed by atoms with Crippen molar-refractivity contribution in [2.24, 2.45) is 5.92 Å². The highest BCUT2D eigenvalue weighted by Crippen LogP contribution is 2.33. The van der Waals surface area contributed by atoms with Gasteiger partial charge >= 0.3 is 0 Å². The Morgan fingerprint density at radius 3 is 3.10 bits per heavy atom. The van der Waals surface area contributed by atoms with E-state index >= 15 is 0 Å². The predicted molar refractivity (Wildman–Crippen MR) is 82.0 cm³/mol. The maximum absolute atomic E-state index is 10.7. The second kappa shape index (κ2) is 5.65. The first-order valence-corrected chi connectivity index (χ1v) is 7.99. The Bertz CT molecular complexity index is 578. The second-order valence-corrected chi connectivity index (χ2v) is 6.74. The molecule has 4 nitrogen and oxygen atoms in total. The monoisotopic (exact) mass is 285 g/mol. The van der Waals surface area contributed by atoms with Gasteiger partial charge in [-0.1, -0.05) is 19.8 Å². The van der Waals surface area contributed by atoms with E-state index in [1.165, 1.54) is 12.0 Å². The molecular weight excluding hydrogens is 262 g/mol. The van der Waals surface area contributed by atoms with Gasteiger partial charge in [0.1, 0.15) is 11.9 Å². The van der Waals surface area contributed by atoms with Gasteiger partial charge in [-0.05, 0) is 49.7 Å². The van der Waals surface area contributed by atoms with Crippen molar-refractivity contribution < 1.29 is 5.11 Å². The lowest BCUT2D eigenvalue weighted by Gasteiger charge is -2.35. The SMILES string of the molecule is CC1CCCC(O)(CNc2nc3c(cc2C#N)CCC3)C1. The lowest BCUT2D eigenvalue weighted by atomic mass is 9.79. The van der Waals surface area contributed by atoms with Gasteiger partial charge in [0.05, 0.1) is 11.2 Å². The van der Waals surface area contributed by atoms with Crippen molar-refractivity contribution in [1.82, 2.24) is 4.98 Å². The molecule has 1 heterocycles. The summed E-state index contributed by atoms with van der Waals surface area (Å²) in [7, 11) is 0. The number of hydrogen-bond donors (Lipinski definition) is 2. The van der Waals surface area contributed by atoms with E-state index in [0.717, 1.165) is 44.2 Å². The third kappa shape index (κ3) is 3.03. The van der Waals surface area contributed by atoms with Crippen molar-refractivity contribution >= 4 is 5.82 Å². The van der Waals surface area contributed by atoms with Crippen molar-refractivity contribution in [3.05, 3.63) is 22.9 Å². The molecule has 0 bridgehead atoms. The molecule has 2 unspecified atom stereocenters. The van der Waals surface area contributed by atoms with Crippen LogP contribution in [0.4, 0.5) is 5.82 Å². The van der Waals surface area contributed by atoms with E-state index in [9.17, 15) is 10.4 Å². The smallest absolute Gasteiger partial charge is 0.144 e. The van der Waals surface area contributed by atoms with Gasteiger partial charge in [-0.25, -0.2) is 4.98 Å². The van der Waals surface area contributed by atoms with Crippen LogP contribution in [0.5, 0.6) is 0 Å². The third-order valence-corrected chi connectivity index (χ3v) is 4.82. The van der Waals surface area contributed by atoms with Crippen LogP contribution in [0, 0.1) is 17.2 Å². The molecule has 4 heteroatoms. The van der Waals surface area contributed by atoms with Crippen molar-refractivity contribution in [2.45, 2.75) is 57.5 Å². The summed E-state index contributed by atoms with van der Waals surface area (Å²) >= 11 is 0. The van der Waals surface area contributed by atoms with Gasteiger partial charge < -0.3 is 10.4 Å². The molecule has 21 heavy (non-hydrogen) atoms. The van der Waals surface area contributed by atoms with E-state index in [2.05, 4.69) is 23.3 Å². The maximum Gasteiger partial charge on any atom is 0.144 e. The Morgan fingerprint density at radius 1 is 1.48 bits per heavy atom. The van der Waals surface area contributed by atoms with Crippen molar-refractivity contribution in [3.63, 3.8) is 0 Å². The molecule has 2 aliphatic carbocycles. The molecule has 2 N–H and O–H groups in total. The van der Waals surface area contributed by atoms with Gasteiger partial charge in [0, 0.05) is 12.2 Å². The molecule has 0 aromatic carbocycles. The highest BCUT2D eigenvalue weighted by atomic mass is 16.3. The van der Waals surface area contributed by atoms with E-state index in [1.807, 2.05) is 6.07 Å². The fourth-order valence-electron chi connectivity index (χ4n) is 3.73. The third-order valence-electron chi connectivity index (χ3n) is 4.82. The summed E-state index contributed by atoms with van der Waals surface area (Å²) in [5.41, 5.74) is 2.26. The topological polar surface area (TPSA) is 68.9 Å². The minimum atomic E-state index is -0.662. The first-order valence-electron chi connectivity index (χ1n) is 7.99. The molecular formula is C17H23N3O. The number of aromatic nitrogens is 1. The van der Waals surface area contributed by atoms with Crippen LogP contribution in [0.15, 0.2) is 6.07 Å². The highest BCUT2D eigenvalue weighted by molar-refractivity contribution is 5.55. The first-order chi connectivity index (χ1) is 10.1.